The predicted molar refractivity (Wildman–Crippen MR) is 71.7 cm³/mol. The van der Waals surface area contributed by atoms with E-state index < -0.39 is 12.8 Å². The van der Waals surface area contributed by atoms with Crippen LogP contribution >= 0.6 is 0 Å². The molecule has 1 N–H and O–H groups in total. The van der Waals surface area contributed by atoms with Crippen LogP contribution in [-0.2, 0) is 4.74 Å². The van der Waals surface area contributed by atoms with Gasteiger partial charge in [-0.25, -0.2) is 0 Å². The Morgan fingerprint density at radius 3 is 2.40 bits per heavy atom. The van der Waals surface area contributed by atoms with Crippen molar-refractivity contribution in [3.63, 3.8) is 0 Å². The summed E-state index contributed by atoms with van der Waals surface area (Å²) in [6.07, 6.45) is 1.59. The van der Waals surface area contributed by atoms with Crippen LogP contribution < -0.4 is 5.32 Å². The molecule has 0 aliphatic carbocycles. The lowest BCUT2D eigenvalue weighted by Crippen LogP contribution is -2.57. The summed E-state index contributed by atoms with van der Waals surface area (Å²) in [6.45, 7) is 2.78. The average molecular weight is 294 g/mol. The van der Waals surface area contributed by atoms with E-state index in [4.69, 9.17) is 4.74 Å². The maximum Gasteiger partial charge on any atom is 0.411 e. The lowest BCUT2D eigenvalue weighted by molar-refractivity contribution is -0.175. The molecule has 0 radical (unpaired) electrons. The molecule has 0 saturated carbocycles. The largest absolute Gasteiger partial charge is 0.411 e. The molecule has 2 fully saturated rings. The highest BCUT2D eigenvalue weighted by molar-refractivity contribution is 4.94. The van der Waals surface area contributed by atoms with Gasteiger partial charge in [0.25, 0.3) is 0 Å². The summed E-state index contributed by atoms with van der Waals surface area (Å²) in [5.41, 5.74) is 0. The number of ether oxygens (including phenoxy) is 1. The number of rotatable bonds is 6. The highest BCUT2D eigenvalue weighted by Crippen LogP contribution is 2.33. The van der Waals surface area contributed by atoms with Crippen LogP contribution in [0.2, 0.25) is 0 Å². The van der Waals surface area contributed by atoms with Crippen LogP contribution in [0.4, 0.5) is 13.2 Å². The molecule has 2 bridgehead atoms. The lowest BCUT2D eigenvalue weighted by Gasteiger charge is -2.49. The minimum atomic E-state index is -4.21. The second kappa shape index (κ2) is 7.09. The Kier molecular flexibility index (Phi) is 5.69. The van der Waals surface area contributed by atoms with Crippen LogP contribution in [0.25, 0.3) is 0 Å². The molecule has 2 aliphatic heterocycles. The fourth-order valence-corrected chi connectivity index (χ4v) is 3.66. The van der Waals surface area contributed by atoms with E-state index in [-0.39, 0.29) is 6.61 Å². The third-order valence-electron chi connectivity index (χ3n) is 4.38. The first-order chi connectivity index (χ1) is 9.49. The van der Waals surface area contributed by atoms with Gasteiger partial charge < -0.3 is 10.1 Å². The van der Waals surface area contributed by atoms with Gasteiger partial charge in [0, 0.05) is 24.7 Å². The van der Waals surface area contributed by atoms with Gasteiger partial charge in [0.2, 0.25) is 0 Å². The molecule has 2 unspecified atom stereocenters. The summed E-state index contributed by atoms with van der Waals surface area (Å²) in [5.74, 6) is 0. The standard InChI is InChI=1S/C14H25F3N2O/c1-2-18-11-8-12-4-3-5-13(9-11)19(12)6-7-20-10-14(15,16)17/h11-13,18H,2-10H2,1H3. The van der Waals surface area contributed by atoms with Crippen molar-refractivity contribution in [1.82, 2.24) is 10.2 Å². The van der Waals surface area contributed by atoms with Gasteiger partial charge in [-0.3, -0.25) is 4.90 Å². The molecule has 0 amide bonds. The Morgan fingerprint density at radius 2 is 1.85 bits per heavy atom. The predicted octanol–water partition coefficient (Wildman–Crippen LogP) is 2.56. The minimum Gasteiger partial charge on any atom is -0.371 e. The number of hydrogen-bond donors (Lipinski definition) is 1. The van der Waals surface area contributed by atoms with Gasteiger partial charge in [-0.15, -0.1) is 0 Å². The van der Waals surface area contributed by atoms with E-state index >= 15 is 0 Å². The van der Waals surface area contributed by atoms with E-state index in [1.54, 1.807) is 0 Å². The van der Waals surface area contributed by atoms with Crippen molar-refractivity contribution in [2.45, 2.75) is 63.3 Å². The second-order valence-corrected chi connectivity index (χ2v) is 5.87. The summed E-state index contributed by atoms with van der Waals surface area (Å²) in [6, 6.07) is 1.60. The van der Waals surface area contributed by atoms with Crippen molar-refractivity contribution in [2.24, 2.45) is 0 Å². The van der Waals surface area contributed by atoms with Gasteiger partial charge in [0.1, 0.15) is 6.61 Å². The number of alkyl halides is 3. The quantitative estimate of drug-likeness (QED) is 0.762. The maximum absolute atomic E-state index is 12.0. The molecule has 0 aromatic rings. The first-order valence-corrected chi connectivity index (χ1v) is 7.63. The van der Waals surface area contributed by atoms with Crippen LogP contribution in [0.1, 0.15) is 39.0 Å². The molecule has 118 valence electrons. The van der Waals surface area contributed by atoms with Gasteiger partial charge in [-0.1, -0.05) is 13.3 Å². The van der Waals surface area contributed by atoms with Gasteiger partial charge in [-0.05, 0) is 32.2 Å². The van der Waals surface area contributed by atoms with Gasteiger partial charge >= 0.3 is 6.18 Å². The Balaban J connectivity index is 1.77. The van der Waals surface area contributed by atoms with Gasteiger partial charge in [0.15, 0.2) is 0 Å². The Bertz CT molecular complexity index is 285. The van der Waals surface area contributed by atoms with Crippen LogP contribution in [0, 0.1) is 0 Å². The number of nitrogens with zero attached hydrogens (tertiary/aromatic N) is 1. The SMILES string of the molecule is CCNC1CC2CCCC(C1)N2CCOCC(F)(F)F. The average Bonchev–Trinajstić information content (AvgIpc) is 2.34. The van der Waals surface area contributed by atoms with E-state index in [1.807, 2.05) is 0 Å². The van der Waals surface area contributed by atoms with Crippen molar-refractivity contribution in [3.8, 4) is 0 Å². The van der Waals surface area contributed by atoms with Crippen LogP contribution in [0.3, 0.4) is 0 Å². The first-order valence-electron chi connectivity index (χ1n) is 7.63. The first kappa shape index (κ1) is 16.0. The summed E-state index contributed by atoms with van der Waals surface area (Å²) in [4.78, 5) is 2.38. The molecule has 20 heavy (non-hydrogen) atoms. The Labute approximate surface area is 118 Å². The molecule has 0 aromatic heterocycles. The highest BCUT2D eigenvalue weighted by atomic mass is 19.4. The minimum absolute atomic E-state index is 0.179. The fourth-order valence-electron chi connectivity index (χ4n) is 3.66. The zero-order valence-electron chi connectivity index (χ0n) is 12.1. The molecule has 2 heterocycles. The molecule has 2 aliphatic rings. The summed E-state index contributed by atoms with van der Waals surface area (Å²) < 4.78 is 40.9. The van der Waals surface area contributed by atoms with Crippen molar-refractivity contribution < 1.29 is 17.9 Å². The number of hydrogen-bond acceptors (Lipinski definition) is 3. The number of nitrogens with one attached hydrogen (secondary N) is 1. The Morgan fingerprint density at radius 1 is 1.20 bits per heavy atom. The van der Waals surface area contributed by atoms with E-state index in [9.17, 15) is 13.2 Å². The molecule has 2 atom stereocenters. The van der Waals surface area contributed by atoms with Crippen molar-refractivity contribution in [2.75, 3.05) is 26.3 Å². The molecule has 0 spiro atoms. The maximum atomic E-state index is 12.0. The van der Waals surface area contributed by atoms with E-state index in [0.717, 1.165) is 32.2 Å². The third-order valence-corrected chi connectivity index (χ3v) is 4.38. The molecule has 6 heteroatoms. The Hall–Kier alpha value is -0.330. The summed E-state index contributed by atoms with van der Waals surface area (Å²) in [7, 11) is 0. The molecule has 2 rings (SSSR count). The van der Waals surface area contributed by atoms with Gasteiger partial charge in [0.05, 0.1) is 6.61 Å². The van der Waals surface area contributed by atoms with Crippen molar-refractivity contribution in [3.05, 3.63) is 0 Å². The molecule has 0 aromatic carbocycles. The second-order valence-electron chi connectivity index (χ2n) is 5.87. The molecule has 2 saturated heterocycles. The topological polar surface area (TPSA) is 24.5 Å². The monoisotopic (exact) mass is 294 g/mol. The number of fused-ring (bicyclic) bond motifs is 2. The third kappa shape index (κ3) is 4.60. The van der Waals surface area contributed by atoms with E-state index in [0.29, 0.717) is 24.7 Å². The van der Waals surface area contributed by atoms with E-state index in [2.05, 4.69) is 17.1 Å². The number of piperidine rings is 2. The summed E-state index contributed by atoms with van der Waals surface area (Å²) >= 11 is 0. The van der Waals surface area contributed by atoms with Crippen molar-refractivity contribution >= 4 is 0 Å². The van der Waals surface area contributed by atoms with E-state index in [1.165, 1.54) is 6.42 Å². The molecular weight excluding hydrogens is 269 g/mol. The normalized spacial score (nSPS) is 31.5. The summed E-state index contributed by atoms with van der Waals surface area (Å²) in [5, 5.41) is 3.51. The van der Waals surface area contributed by atoms with Crippen LogP contribution in [-0.4, -0.2) is 55.5 Å². The van der Waals surface area contributed by atoms with Crippen LogP contribution in [0.5, 0.6) is 0 Å². The zero-order valence-corrected chi connectivity index (χ0v) is 12.1. The zero-order chi connectivity index (χ0) is 14.6. The van der Waals surface area contributed by atoms with Gasteiger partial charge in [-0.2, -0.15) is 13.2 Å². The van der Waals surface area contributed by atoms with Crippen molar-refractivity contribution in [1.29, 1.82) is 0 Å². The highest BCUT2D eigenvalue weighted by Gasteiger charge is 2.37. The molecule has 3 nitrogen and oxygen atoms in total. The molecular formula is C14H25F3N2O. The lowest BCUT2D eigenvalue weighted by atomic mass is 9.82. The smallest absolute Gasteiger partial charge is 0.371 e. The number of halogens is 3. The van der Waals surface area contributed by atoms with Crippen LogP contribution in [0.15, 0.2) is 0 Å². The fraction of sp³-hybridized carbons (Fsp3) is 1.00.